The molecule has 0 unspecified atom stereocenters. The number of benzene rings is 1. The third kappa shape index (κ3) is 3.98. The van der Waals surface area contributed by atoms with E-state index in [0.717, 1.165) is 12.1 Å². The van der Waals surface area contributed by atoms with Crippen LogP contribution in [0.2, 0.25) is 19.6 Å². The summed E-state index contributed by atoms with van der Waals surface area (Å²) in [5.41, 5.74) is 2.27. The van der Waals surface area contributed by atoms with E-state index in [1.165, 1.54) is 5.56 Å². The van der Waals surface area contributed by atoms with Gasteiger partial charge in [0.1, 0.15) is 0 Å². The molecule has 4 nitrogen and oxygen atoms in total. The van der Waals surface area contributed by atoms with E-state index >= 15 is 0 Å². The third-order valence-corrected chi connectivity index (χ3v) is 4.42. The predicted molar refractivity (Wildman–Crippen MR) is 90.3 cm³/mol. The number of nitrogens with zero attached hydrogens (tertiary/aromatic N) is 1. The molecule has 2 rings (SSSR count). The molecule has 1 fully saturated rings. The first-order valence-corrected chi connectivity index (χ1v) is 11.1. The van der Waals surface area contributed by atoms with Crippen molar-refractivity contribution in [3.05, 3.63) is 47.7 Å². The van der Waals surface area contributed by atoms with Crippen molar-refractivity contribution in [2.45, 2.75) is 51.6 Å². The SMILES string of the molecule is C/C=C1\[C@@H](c2ccccc2)C[C@](C)(OC)ON1O[Si](C)(C)C. The molecule has 0 radical (unpaired) electrons. The predicted octanol–water partition coefficient (Wildman–Crippen LogP) is 4.44. The molecular weight excluding hydrogens is 294 g/mol. The van der Waals surface area contributed by atoms with Crippen LogP contribution >= 0.6 is 0 Å². The van der Waals surface area contributed by atoms with Crippen molar-refractivity contribution in [1.29, 1.82) is 0 Å². The molecule has 0 aromatic heterocycles. The zero-order valence-electron chi connectivity index (χ0n) is 14.4. The highest BCUT2D eigenvalue weighted by Crippen LogP contribution is 2.42. The van der Waals surface area contributed by atoms with Gasteiger partial charge in [0.2, 0.25) is 8.32 Å². The van der Waals surface area contributed by atoms with Gasteiger partial charge in [0.25, 0.3) is 0 Å². The van der Waals surface area contributed by atoms with Gasteiger partial charge in [-0.25, -0.2) is 4.84 Å². The highest BCUT2D eigenvalue weighted by Gasteiger charge is 2.43. The van der Waals surface area contributed by atoms with Gasteiger partial charge in [-0.05, 0) is 39.1 Å². The molecule has 0 amide bonds. The first-order valence-electron chi connectivity index (χ1n) is 7.73. The lowest BCUT2D eigenvalue weighted by molar-refractivity contribution is -0.422. The number of rotatable bonds is 4. The fourth-order valence-electron chi connectivity index (χ4n) is 2.59. The summed E-state index contributed by atoms with van der Waals surface area (Å²) >= 11 is 0. The number of hydroxylamine groups is 2. The van der Waals surface area contributed by atoms with Crippen molar-refractivity contribution in [2.24, 2.45) is 0 Å². The van der Waals surface area contributed by atoms with Gasteiger partial charge in [0.15, 0.2) is 5.79 Å². The maximum Gasteiger partial charge on any atom is 0.223 e. The Morgan fingerprint density at radius 3 is 2.41 bits per heavy atom. The Balaban J connectivity index is 2.38. The molecule has 1 aromatic rings. The second-order valence-electron chi connectivity index (χ2n) is 6.77. The van der Waals surface area contributed by atoms with E-state index in [1.807, 2.05) is 19.9 Å². The quantitative estimate of drug-likeness (QED) is 0.767. The molecule has 0 aliphatic carbocycles. The number of allylic oxidation sites excluding steroid dienone is 2. The van der Waals surface area contributed by atoms with Crippen LogP contribution in [-0.2, 0) is 14.1 Å². The maximum absolute atomic E-state index is 6.13. The Bertz CT molecular complexity index is 526. The lowest BCUT2D eigenvalue weighted by Crippen LogP contribution is -2.50. The van der Waals surface area contributed by atoms with Crippen molar-refractivity contribution in [1.82, 2.24) is 5.23 Å². The molecule has 122 valence electrons. The molecule has 0 bridgehead atoms. The van der Waals surface area contributed by atoms with E-state index in [4.69, 9.17) is 14.1 Å². The molecule has 22 heavy (non-hydrogen) atoms. The average Bonchev–Trinajstić information content (AvgIpc) is 2.46. The standard InChI is InChI=1S/C17H27NO3Si/c1-7-16-15(14-11-9-8-10-12-14)13-17(2,19-3)20-18(16)21-22(4,5)6/h7-12,15H,13H2,1-6H3/b16-7+/t15-,17-/m1/s1. The van der Waals surface area contributed by atoms with E-state index in [2.05, 4.69) is 50.0 Å². The molecule has 0 N–H and O–H groups in total. The zero-order valence-corrected chi connectivity index (χ0v) is 15.4. The van der Waals surface area contributed by atoms with Crippen LogP contribution < -0.4 is 0 Å². The lowest BCUT2D eigenvalue weighted by atomic mass is 9.88. The Labute approximate surface area is 134 Å². The summed E-state index contributed by atoms with van der Waals surface area (Å²) in [6.07, 6.45) is 2.81. The highest BCUT2D eigenvalue weighted by atomic mass is 28.4. The summed E-state index contributed by atoms with van der Waals surface area (Å²) in [6.45, 7) is 10.4. The monoisotopic (exact) mass is 321 g/mol. The van der Waals surface area contributed by atoms with Gasteiger partial charge in [-0.3, -0.25) is 4.53 Å². The Hall–Kier alpha value is -1.14. The van der Waals surface area contributed by atoms with Crippen molar-refractivity contribution in [3.63, 3.8) is 0 Å². The molecule has 2 atom stereocenters. The summed E-state index contributed by atoms with van der Waals surface area (Å²) < 4.78 is 11.7. The van der Waals surface area contributed by atoms with Crippen molar-refractivity contribution in [3.8, 4) is 0 Å². The van der Waals surface area contributed by atoms with Crippen LogP contribution in [-0.4, -0.2) is 26.4 Å². The van der Waals surface area contributed by atoms with E-state index in [9.17, 15) is 0 Å². The van der Waals surface area contributed by atoms with Crippen LogP contribution in [0.3, 0.4) is 0 Å². The van der Waals surface area contributed by atoms with Gasteiger partial charge in [0.05, 0.1) is 5.70 Å². The molecule has 1 aliphatic rings. The minimum atomic E-state index is -1.80. The fraction of sp³-hybridized carbons (Fsp3) is 0.529. The number of hydrogen-bond donors (Lipinski definition) is 0. The summed E-state index contributed by atoms with van der Waals surface area (Å²) in [7, 11) is -0.128. The normalized spacial score (nSPS) is 28.2. The average molecular weight is 321 g/mol. The minimum Gasteiger partial charge on any atom is -0.351 e. The first kappa shape index (κ1) is 17.2. The zero-order chi connectivity index (χ0) is 16.4. The summed E-state index contributed by atoms with van der Waals surface area (Å²) in [5, 5.41) is 1.59. The molecule has 1 saturated heterocycles. The Kier molecular flexibility index (Phi) is 5.12. The minimum absolute atomic E-state index is 0.182. The fourth-order valence-corrected chi connectivity index (χ4v) is 3.23. The summed E-state index contributed by atoms with van der Waals surface area (Å²) in [5.74, 6) is -0.520. The van der Waals surface area contributed by atoms with E-state index in [0.29, 0.717) is 0 Å². The van der Waals surface area contributed by atoms with Crippen molar-refractivity contribution in [2.75, 3.05) is 7.11 Å². The molecule has 1 heterocycles. The van der Waals surface area contributed by atoms with E-state index in [1.54, 1.807) is 12.3 Å². The Morgan fingerprint density at radius 1 is 1.27 bits per heavy atom. The number of hydrogen-bond acceptors (Lipinski definition) is 4. The number of methoxy groups -OCH3 is 1. The van der Waals surface area contributed by atoms with Gasteiger partial charge in [-0.15, -0.1) is 5.23 Å². The second kappa shape index (κ2) is 6.54. The molecular formula is C17H27NO3Si. The Morgan fingerprint density at radius 2 is 1.91 bits per heavy atom. The van der Waals surface area contributed by atoms with Crippen molar-refractivity contribution < 1.29 is 14.1 Å². The van der Waals surface area contributed by atoms with Gasteiger partial charge < -0.3 is 4.74 Å². The smallest absolute Gasteiger partial charge is 0.223 e. The van der Waals surface area contributed by atoms with Crippen LogP contribution in [0, 0.1) is 0 Å². The summed E-state index contributed by atoms with van der Waals surface area (Å²) in [4.78, 5) is 6.01. The molecule has 1 aromatic carbocycles. The third-order valence-electron chi connectivity index (χ3n) is 3.71. The second-order valence-corrected chi connectivity index (χ2v) is 11.2. The van der Waals surface area contributed by atoms with Crippen LogP contribution in [0.5, 0.6) is 0 Å². The van der Waals surface area contributed by atoms with Crippen LogP contribution in [0.1, 0.15) is 31.7 Å². The van der Waals surface area contributed by atoms with Crippen LogP contribution in [0.15, 0.2) is 42.1 Å². The van der Waals surface area contributed by atoms with Gasteiger partial charge in [-0.2, -0.15) is 0 Å². The lowest BCUT2D eigenvalue weighted by Gasteiger charge is -2.45. The van der Waals surface area contributed by atoms with E-state index in [-0.39, 0.29) is 5.92 Å². The topological polar surface area (TPSA) is 30.9 Å². The van der Waals surface area contributed by atoms with Gasteiger partial charge in [0, 0.05) is 19.4 Å². The summed E-state index contributed by atoms with van der Waals surface area (Å²) in [6, 6.07) is 10.4. The highest BCUT2D eigenvalue weighted by molar-refractivity contribution is 6.69. The van der Waals surface area contributed by atoms with Crippen molar-refractivity contribution >= 4 is 8.32 Å². The largest absolute Gasteiger partial charge is 0.351 e. The molecule has 5 heteroatoms. The van der Waals surface area contributed by atoms with Crippen LogP contribution in [0.25, 0.3) is 0 Å². The van der Waals surface area contributed by atoms with Gasteiger partial charge in [-0.1, -0.05) is 36.4 Å². The number of ether oxygens (including phenoxy) is 1. The molecule has 1 aliphatic heterocycles. The molecule has 0 spiro atoms. The first-order chi connectivity index (χ1) is 10.3. The van der Waals surface area contributed by atoms with E-state index < -0.39 is 14.1 Å². The maximum atomic E-state index is 6.13. The molecule has 0 saturated carbocycles. The van der Waals surface area contributed by atoms with Crippen LogP contribution in [0.4, 0.5) is 0 Å². The van der Waals surface area contributed by atoms with Gasteiger partial charge >= 0.3 is 0 Å².